The molecule has 20 heavy (non-hydrogen) atoms. The van der Waals surface area contributed by atoms with Crippen LogP contribution in [-0.2, 0) is 11.2 Å². The molecular weight excluding hydrogens is 276 g/mol. The van der Waals surface area contributed by atoms with Crippen LogP contribution >= 0.6 is 11.8 Å². The molecule has 2 heterocycles. The molecule has 106 valence electrons. The molecule has 3 rings (SSSR count). The number of nitrogens with one attached hydrogen (secondary N) is 1. The number of carbonyl (C=O) groups is 2. The Morgan fingerprint density at radius 3 is 3.05 bits per heavy atom. The fourth-order valence-electron chi connectivity index (χ4n) is 2.62. The van der Waals surface area contributed by atoms with E-state index in [1.54, 1.807) is 6.07 Å². The lowest BCUT2D eigenvalue weighted by Gasteiger charge is -2.22. The molecule has 1 atom stereocenters. The Morgan fingerprint density at radius 1 is 1.40 bits per heavy atom. The number of benzene rings is 1. The summed E-state index contributed by atoms with van der Waals surface area (Å²) in [7, 11) is 0. The highest BCUT2D eigenvalue weighted by atomic mass is 32.2. The van der Waals surface area contributed by atoms with E-state index in [4.69, 9.17) is 5.11 Å². The van der Waals surface area contributed by atoms with Crippen molar-refractivity contribution < 1.29 is 14.7 Å². The van der Waals surface area contributed by atoms with E-state index < -0.39 is 12.0 Å². The highest BCUT2D eigenvalue weighted by molar-refractivity contribution is 7.99. The van der Waals surface area contributed by atoms with Gasteiger partial charge in [0.05, 0.1) is 5.88 Å². The summed E-state index contributed by atoms with van der Waals surface area (Å²) in [5, 5.41) is 12.5. The van der Waals surface area contributed by atoms with Gasteiger partial charge in [0.1, 0.15) is 6.04 Å². The molecule has 0 aliphatic carbocycles. The molecule has 6 heteroatoms. The van der Waals surface area contributed by atoms with Crippen molar-refractivity contribution in [3.63, 3.8) is 0 Å². The van der Waals surface area contributed by atoms with Crippen LogP contribution in [0.2, 0.25) is 0 Å². The third kappa shape index (κ3) is 2.35. The van der Waals surface area contributed by atoms with Crippen LogP contribution in [0.4, 0.5) is 5.69 Å². The zero-order valence-electron chi connectivity index (χ0n) is 11.0. The van der Waals surface area contributed by atoms with E-state index in [-0.39, 0.29) is 5.91 Å². The third-order valence-electron chi connectivity index (χ3n) is 3.72. The maximum absolute atomic E-state index is 12.5. The molecule has 1 aromatic carbocycles. The molecule has 1 fully saturated rings. The normalized spacial score (nSPS) is 21.2. The molecule has 0 aromatic heterocycles. The number of hydrogen-bond acceptors (Lipinski definition) is 4. The lowest BCUT2D eigenvalue weighted by Crippen LogP contribution is -2.41. The summed E-state index contributed by atoms with van der Waals surface area (Å²) < 4.78 is 0. The Kier molecular flexibility index (Phi) is 3.56. The third-order valence-corrected chi connectivity index (χ3v) is 4.73. The second-order valence-corrected chi connectivity index (χ2v) is 6.03. The maximum Gasteiger partial charge on any atom is 0.327 e. The van der Waals surface area contributed by atoms with E-state index in [0.717, 1.165) is 30.6 Å². The van der Waals surface area contributed by atoms with E-state index in [1.165, 1.54) is 16.7 Å². The van der Waals surface area contributed by atoms with Crippen molar-refractivity contribution in [3.8, 4) is 0 Å². The Labute approximate surface area is 121 Å². The van der Waals surface area contributed by atoms with Crippen molar-refractivity contribution in [1.29, 1.82) is 0 Å². The first kappa shape index (κ1) is 13.3. The van der Waals surface area contributed by atoms with Crippen molar-refractivity contribution in [3.05, 3.63) is 29.3 Å². The molecule has 1 aromatic rings. The van der Waals surface area contributed by atoms with Gasteiger partial charge in [-0.25, -0.2) is 4.79 Å². The Hall–Kier alpha value is -1.69. The number of hydrogen-bond donors (Lipinski definition) is 2. The van der Waals surface area contributed by atoms with Gasteiger partial charge in [-0.3, -0.25) is 4.79 Å². The van der Waals surface area contributed by atoms with Crippen molar-refractivity contribution >= 4 is 29.3 Å². The Balaban J connectivity index is 1.85. The van der Waals surface area contributed by atoms with Crippen molar-refractivity contribution in [2.45, 2.75) is 18.9 Å². The lowest BCUT2D eigenvalue weighted by atomic mass is 10.00. The second-order valence-electron chi connectivity index (χ2n) is 5.03. The molecule has 0 spiro atoms. The number of nitrogens with zero attached hydrogens (tertiary/aromatic N) is 1. The highest BCUT2D eigenvalue weighted by Crippen LogP contribution is 2.27. The van der Waals surface area contributed by atoms with Gasteiger partial charge in [-0.1, -0.05) is 0 Å². The van der Waals surface area contributed by atoms with Crippen molar-refractivity contribution in [1.82, 2.24) is 4.90 Å². The van der Waals surface area contributed by atoms with Crippen LogP contribution in [0.3, 0.4) is 0 Å². The molecule has 2 aliphatic rings. The van der Waals surface area contributed by atoms with Crippen LogP contribution in [0.15, 0.2) is 18.2 Å². The number of aryl methyl sites for hydroxylation is 1. The zero-order chi connectivity index (χ0) is 14.1. The second kappa shape index (κ2) is 5.36. The number of carboxylic acid groups (broad SMARTS) is 1. The molecule has 0 bridgehead atoms. The number of carboxylic acids is 1. The summed E-state index contributed by atoms with van der Waals surface area (Å²) in [6.45, 7) is 0.962. The number of thioether (sulfide) groups is 1. The fraction of sp³-hybridized carbons (Fsp3) is 0.429. The summed E-state index contributed by atoms with van der Waals surface area (Å²) in [4.78, 5) is 25.1. The molecule has 0 saturated carbocycles. The fourth-order valence-corrected chi connectivity index (χ4v) is 3.77. The van der Waals surface area contributed by atoms with Gasteiger partial charge in [0.2, 0.25) is 0 Å². The van der Waals surface area contributed by atoms with Gasteiger partial charge in [0, 0.05) is 23.5 Å². The van der Waals surface area contributed by atoms with E-state index in [2.05, 4.69) is 5.32 Å². The molecule has 1 saturated heterocycles. The number of aliphatic carboxylic acids is 1. The maximum atomic E-state index is 12.5. The van der Waals surface area contributed by atoms with Gasteiger partial charge >= 0.3 is 5.97 Å². The minimum atomic E-state index is -0.928. The first-order chi connectivity index (χ1) is 9.66. The topological polar surface area (TPSA) is 69.6 Å². The predicted octanol–water partition coefficient (Wildman–Crippen LogP) is 1.64. The monoisotopic (exact) mass is 292 g/mol. The van der Waals surface area contributed by atoms with E-state index >= 15 is 0 Å². The van der Waals surface area contributed by atoms with Crippen LogP contribution in [0.1, 0.15) is 22.3 Å². The van der Waals surface area contributed by atoms with Crippen LogP contribution in [0.25, 0.3) is 0 Å². The summed E-state index contributed by atoms with van der Waals surface area (Å²) in [6.07, 6.45) is 2.02. The quantitative estimate of drug-likeness (QED) is 0.867. The number of anilines is 1. The zero-order valence-corrected chi connectivity index (χ0v) is 11.8. The minimum absolute atomic E-state index is 0.184. The Bertz CT molecular complexity index is 561. The first-order valence-electron chi connectivity index (χ1n) is 6.65. The summed E-state index contributed by atoms with van der Waals surface area (Å²) >= 11 is 1.48. The molecular formula is C14H16N2O3S. The minimum Gasteiger partial charge on any atom is -0.480 e. The van der Waals surface area contributed by atoms with Crippen LogP contribution in [0.5, 0.6) is 0 Å². The van der Waals surface area contributed by atoms with Gasteiger partial charge in [0.15, 0.2) is 0 Å². The van der Waals surface area contributed by atoms with Crippen LogP contribution < -0.4 is 5.32 Å². The number of carbonyl (C=O) groups excluding carboxylic acids is 1. The number of fused-ring (bicyclic) bond motifs is 1. The highest BCUT2D eigenvalue weighted by Gasteiger charge is 2.35. The summed E-state index contributed by atoms with van der Waals surface area (Å²) in [5.41, 5.74) is 2.81. The van der Waals surface area contributed by atoms with Gasteiger partial charge in [-0.15, -0.1) is 11.8 Å². The Morgan fingerprint density at radius 2 is 2.25 bits per heavy atom. The average Bonchev–Trinajstić information content (AvgIpc) is 2.95. The summed E-state index contributed by atoms with van der Waals surface area (Å²) in [6, 6.07) is 4.88. The van der Waals surface area contributed by atoms with Crippen LogP contribution in [0, 0.1) is 0 Å². The van der Waals surface area contributed by atoms with Gasteiger partial charge < -0.3 is 15.3 Å². The molecule has 2 N–H and O–H groups in total. The average molecular weight is 292 g/mol. The smallest absolute Gasteiger partial charge is 0.327 e. The van der Waals surface area contributed by atoms with E-state index in [1.807, 2.05) is 12.1 Å². The number of amides is 1. The van der Waals surface area contributed by atoms with Gasteiger partial charge in [-0.2, -0.15) is 0 Å². The predicted molar refractivity (Wildman–Crippen MR) is 78.2 cm³/mol. The van der Waals surface area contributed by atoms with E-state index in [0.29, 0.717) is 17.2 Å². The molecule has 1 unspecified atom stereocenters. The first-order valence-corrected chi connectivity index (χ1v) is 7.80. The standard InChI is InChI=1S/C14H16N2O3S/c17-13(16-8-20-7-12(16)14(18)19)10-3-4-11-9(6-10)2-1-5-15-11/h3-4,6,12,15H,1-2,5,7-8H2,(H,18,19). The van der Waals surface area contributed by atoms with Crippen LogP contribution in [-0.4, -0.2) is 46.1 Å². The van der Waals surface area contributed by atoms with Gasteiger partial charge in [0.25, 0.3) is 5.91 Å². The largest absolute Gasteiger partial charge is 0.480 e. The summed E-state index contributed by atoms with van der Waals surface area (Å²) in [5.74, 6) is -0.197. The van der Waals surface area contributed by atoms with Crippen molar-refractivity contribution in [2.24, 2.45) is 0 Å². The van der Waals surface area contributed by atoms with E-state index in [9.17, 15) is 9.59 Å². The number of rotatable bonds is 2. The lowest BCUT2D eigenvalue weighted by molar-refractivity contribution is -0.140. The van der Waals surface area contributed by atoms with Gasteiger partial charge in [-0.05, 0) is 36.6 Å². The molecule has 5 nitrogen and oxygen atoms in total. The molecule has 0 radical (unpaired) electrons. The molecule has 2 aliphatic heterocycles. The SMILES string of the molecule is O=C(O)C1CSCN1C(=O)c1ccc2c(c1)CCCN2. The van der Waals surface area contributed by atoms with Crippen molar-refractivity contribution in [2.75, 3.05) is 23.5 Å². The molecule has 1 amide bonds.